The molecule has 1 aromatic heterocycles. The van der Waals surface area contributed by atoms with E-state index in [2.05, 4.69) is 29.0 Å². The predicted octanol–water partition coefficient (Wildman–Crippen LogP) is 3.31. The number of para-hydroxylation sites is 1. The van der Waals surface area contributed by atoms with Crippen LogP contribution in [-0.4, -0.2) is 34.1 Å². The van der Waals surface area contributed by atoms with Crippen LogP contribution in [0.2, 0.25) is 0 Å². The van der Waals surface area contributed by atoms with E-state index in [-0.39, 0.29) is 6.04 Å². The van der Waals surface area contributed by atoms with Gasteiger partial charge in [-0.05, 0) is 49.9 Å². The SMILES string of the molecule is C/C=C1\CN2CCC1CC2C(O)c1ccnc2ccccc12. The third-order valence-corrected chi connectivity index (χ3v) is 5.41. The topological polar surface area (TPSA) is 36.4 Å². The van der Waals surface area contributed by atoms with E-state index in [1.807, 2.05) is 30.5 Å². The van der Waals surface area contributed by atoms with Gasteiger partial charge in [0.2, 0.25) is 0 Å². The molecule has 1 N–H and O–H groups in total. The average molecular weight is 294 g/mol. The minimum Gasteiger partial charge on any atom is -0.387 e. The molecule has 1 aromatic carbocycles. The van der Waals surface area contributed by atoms with Gasteiger partial charge in [-0.2, -0.15) is 0 Å². The van der Waals surface area contributed by atoms with E-state index in [9.17, 15) is 5.11 Å². The summed E-state index contributed by atoms with van der Waals surface area (Å²) in [5.41, 5.74) is 3.53. The molecule has 0 spiro atoms. The third kappa shape index (κ3) is 2.16. The van der Waals surface area contributed by atoms with E-state index < -0.39 is 6.10 Å². The molecule has 3 fully saturated rings. The van der Waals surface area contributed by atoms with E-state index in [0.717, 1.165) is 36.0 Å². The van der Waals surface area contributed by atoms with Gasteiger partial charge in [-0.25, -0.2) is 0 Å². The van der Waals surface area contributed by atoms with E-state index in [1.165, 1.54) is 6.42 Å². The molecular formula is C19H22N2O. The lowest BCUT2D eigenvalue weighted by molar-refractivity contribution is -0.00340. The molecule has 3 saturated heterocycles. The van der Waals surface area contributed by atoms with Crippen molar-refractivity contribution in [3.63, 3.8) is 0 Å². The Bertz CT molecular complexity index is 719. The highest BCUT2D eigenvalue weighted by Gasteiger charge is 2.40. The van der Waals surface area contributed by atoms with Gasteiger partial charge in [0.15, 0.2) is 0 Å². The Morgan fingerprint density at radius 2 is 2.18 bits per heavy atom. The zero-order valence-corrected chi connectivity index (χ0v) is 12.9. The number of fused-ring (bicyclic) bond motifs is 4. The first-order valence-electron chi connectivity index (χ1n) is 8.19. The number of pyridine rings is 1. The lowest BCUT2D eigenvalue weighted by Gasteiger charge is -2.48. The molecule has 22 heavy (non-hydrogen) atoms. The summed E-state index contributed by atoms with van der Waals surface area (Å²) in [5.74, 6) is 0.655. The van der Waals surface area contributed by atoms with Gasteiger partial charge < -0.3 is 5.11 Å². The van der Waals surface area contributed by atoms with Crippen LogP contribution in [0, 0.1) is 5.92 Å². The molecule has 2 bridgehead atoms. The van der Waals surface area contributed by atoms with Gasteiger partial charge in [-0.1, -0.05) is 29.8 Å². The van der Waals surface area contributed by atoms with Crippen molar-refractivity contribution in [1.82, 2.24) is 9.88 Å². The second kappa shape index (κ2) is 5.49. The summed E-state index contributed by atoms with van der Waals surface area (Å²) in [4.78, 5) is 6.86. The Morgan fingerprint density at radius 1 is 1.32 bits per heavy atom. The molecule has 5 rings (SSSR count). The minimum atomic E-state index is -0.436. The summed E-state index contributed by atoms with van der Waals surface area (Å²) in [6.07, 6.45) is 5.95. The highest BCUT2D eigenvalue weighted by atomic mass is 16.3. The molecule has 0 saturated carbocycles. The van der Waals surface area contributed by atoms with Gasteiger partial charge in [-0.15, -0.1) is 0 Å². The minimum absolute atomic E-state index is 0.230. The highest BCUT2D eigenvalue weighted by Crippen LogP contribution is 2.41. The molecule has 3 aliphatic rings. The summed E-state index contributed by atoms with van der Waals surface area (Å²) in [5, 5.41) is 12.1. The molecule has 0 aliphatic carbocycles. The quantitative estimate of drug-likeness (QED) is 0.863. The molecular weight excluding hydrogens is 272 g/mol. The van der Waals surface area contributed by atoms with E-state index in [0.29, 0.717) is 5.92 Å². The highest BCUT2D eigenvalue weighted by molar-refractivity contribution is 5.82. The van der Waals surface area contributed by atoms with Crippen molar-refractivity contribution >= 4 is 10.9 Å². The number of piperidine rings is 3. The summed E-state index contributed by atoms with van der Waals surface area (Å²) >= 11 is 0. The zero-order valence-electron chi connectivity index (χ0n) is 12.9. The molecule has 3 nitrogen and oxygen atoms in total. The fourth-order valence-electron chi connectivity index (χ4n) is 4.18. The Hall–Kier alpha value is -1.71. The van der Waals surface area contributed by atoms with Crippen molar-refractivity contribution < 1.29 is 5.11 Å². The van der Waals surface area contributed by atoms with Crippen LogP contribution in [0.3, 0.4) is 0 Å². The summed E-state index contributed by atoms with van der Waals surface area (Å²) in [6, 6.07) is 10.3. The predicted molar refractivity (Wildman–Crippen MR) is 88.5 cm³/mol. The van der Waals surface area contributed by atoms with Crippen molar-refractivity contribution in [3.8, 4) is 0 Å². The first-order valence-corrected chi connectivity index (χ1v) is 8.19. The number of allylic oxidation sites excluding steroid dienone is 1. The number of hydrogen-bond acceptors (Lipinski definition) is 3. The van der Waals surface area contributed by atoms with Gasteiger partial charge in [0, 0.05) is 24.2 Å². The Balaban J connectivity index is 1.68. The van der Waals surface area contributed by atoms with Gasteiger partial charge in [0.05, 0.1) is 11.6 Å². The first-order chi connectivity index (χ1) is 10.8. The van der Waals surface area contributed by atoms with Crippen LogP contribution in [0.25, 0.3) is 10.9 Å². The fourth-order valence-corrected chi connectivity index (χ4v) is 4.18. The van der Waals surface area contributed by atoms with Gasteiger partial charge in [-0.3, -0.25) is 9.88 Å². The second-order valence-corrected chi connectivity index (χ2v) is 6.48. The van der Waals surface area contributed by atoms with E-state index in [4.69, 9.17) is 0 Å². The Morgan fingerprint density at radius 3 is 2.95 bits per heavy atom. The van der Waals surface area contributed by atoms with Crippen LogP contribution < -0.4 is 0 Å². The molecule has 4 heterocycles. The monoisotopic (exact) mass is 294 g/mol. The summed E-state index contributed by atoms with van der Waals surface area (Å²) < 4.78 is 0. The smallest absolute Gasteiger partial charge is 0.0952 e. The number of aliphatic hydroxyl groups excluding tert-OH is 1. The van der Waals surface area contributed by atoms with Crippen molar-refractivity contribution in [1.29, 1.82) is 0 Å². The molecule has 2 aromatic rings. The summed E-state index contributed by atoms with van der Waals surface area (Å²) in [6.45, 7) is 4.26. The third-order valence-electron chi connectivity index (χ3n) is 5.41. The Kier molecular flexibility index (Phi) is 3.47. The maximum Gasteiger partial charge on any atom is 0.0952 e. The number of aliphatic hydroxyl groups is 1. The van der Waals surface area contributed by atoms with E-state index >= 15 is 0 Å². The number of hydrogen-bond donors (Lipinski definition) is 1. The van der Waals surface area contributed by atoms with Gasteiger partial charge >= 0.3 is 0 Å². The van der Waals surface area contributed by atoms with Crippen molar-refractivity contribution in [2.24, 2.45) is 5.92 Å². The van der Waals surface area contributed by atoms with Crippen molar-refractivity contribution in [3.05, 3.63) is 53.7 Å². The summed E-state index contributed by atoms with van der Waals surface area (Å²) in [7, 11) is 0. The number of rotatable bonds is 2. The van der Waals surface area contributed by atoms with Gasteiger partial charge in [0.1, 0.15) is 0 Å². The van der Waals surface area contributed by atoms with Crippen LogP contribution >= 0.6 is 0 Å². The average Bonchev–Trinajstić information content (AvgIpc) is 2.60. The van der Waals surface area contributed by atoms with Crippen molar-refractivity contribution in [2.45, 2.75) is 31.9 Å². The first kappa shape index (κ1) is 13.9. The number of aromatic nitrogens is 1. The van der Waals surface area contributed by atoms with Crippen LogP contribution in [0.1, 0.15) is 31.4 Å². The number of nitrogens with zero attached hydrogens (tertiary/aromatic N) is 2. The molecule has 3 aliphatic heterocycles. The van der Waals surface area contributed by atoms with E-state index in [1.54, 1.807) is 5.57 Å². The van der Waals surface area contributed by atoms with Crippen LogP contribution in [0.5, 0.6) is 0 Å². The van der Waals surface area contributed by atoms with Crippen molar-refractivity contribution in [2.75, 3.05) is 13.1 Å². The number of benzene rings is 1. The van der Waals surface area contributed by atoms with Crippen LogP contribution in [0.15, 0.2) is 48.2 Å². The maximum atomic E-state index is 11.0. The molecule has 4 unspecified atom stereocenters. The molecule has 114 valence electrons. The molecule has 0 radical (unpaired) electrons. The molecule has 4 atom stereocenters. The van der Waals surface area contributed by atoms with Crippen LogP contribution in [0.4, 0.5) is 0 Å². The normalized spacial score (nSPS) is 30.8. The molecule has 3 heteroatoms. The standard InChI is InChI=1S/C19H22N2O/c1-2-13-12-21-10-8-14(13)11-18(21)19(22)16-7-9-20-17-6-4-3-5-15(16)17/h2-7,9,14,18-19,22H,8,10-12H2,1H3/b13-2+. The lowest BCUT2D eigenvalue weighted by Crippen LogP contribution is -2.52. The maximum absolute atomic E-state index is 11.0. The zero-order chi connectivity index (χ0) is 15.1. The largest absolute Gasteiger partial charge is 0.387 e. The Labute approximate surface area is 131 Å². The molecule has 0 amide bonds. The van der Waals surface area contributed by atoms with Gasteiger partial charge in [0.25, 0.3) is 0 Å². The van der Waals surface area contributed by atoms with Crippen LogP contribution in [-0.2, 0) is 0 Å². The fraction of sp³-hybridized carbons (Fsp3) is 0.421. The lowest BCUT2D eigenvalue weighted by atomic mass is 9.76. The second-order valence-electron chi connectivity index (χ2n) is 6.48.